The first-order valence-corrected chi connectivity index (χ1v) is 10.2. The van der Waals surface area contributed by atoms with E-state index in [0.717, 1.165) is 35.2 Å². The third-order valence-electron chi connectivity index (χ3n) is 4.99. The summed E-state index contributed by atoms with van der Waals surface area (Å²) in [5.74, 6) is 0.333. The average Bonchev–Trinajstić information content (AvgIpc) is 2.98. The fourth-order valence-electron chi connectivity index (χ4n) is 3.54. The third-order valence-corrected chi connectivity index (χ3v) is 6.47. The van der Waals surface area contributed by atoms with Gasteiger partial charge in [0.1, 0.15) is 11.4 Å². The van der Waals surface area contributed by atoms with Crippen LogP contribution in [0.2, 0.25) is 5.02 Å². The van der Waals surface area contributed by atoms with E-state index in [4.69, 9.17) is 11.6 Å². The van der Waals surface area contributed by atoms with Gasteiger partial charge in [-0.15, -0.1) is 11.3 Å². The number of carbonyl (C=O) groups is 1. The van der Waals surface area contributed by atoms with E-state index in [1.165, 1.54) is 15.8 Å². The van der Waals surface area contributed by atoms with Crippen molar-refractivity contribution in [2.45, 2.75) is 39.7 Å². The number of aromatic nitrogens is 2. The Labute approximate surface area is 166 Å². The molecular weight excluding hydrogens is 382 g/mol. The molecule has 1 aromatic carbocycles. The molecule has 0 spiro atoms. The monoisotopic (exact) mass is 401 g/mol. The Kier molecular flexibility index (Phi) is 4.78. The second-order valence-corrected chi connectivity index (χ2v) is 8.73. The SMILES string of the molecule is Cc1ccc(NC(=O)Cn2cnc3sc4c(c3c2=O)CC[C@H](C)C4)c(Cl)c1. The Morgan fingerprint density at radius 1 is 1.44 bits per heavy atom. The van der Waals surface area contributed by atoms with Crippen molar-refractivity contribution < 1.29 is 4.79 Å². The van der Waals surface area contributed by atoms with Crippen LogP contribution >= 0.6 is 22.9 Å². The van der Waals surface area contributed by atoms with Crippen LogP contribution in [0.1, 0.15) is 29.3 Å². The van der Waals surface area contributed by atoms with Crippen molar-refractivity contribution in [1.29, 1.82) is 0 Å². The first-order valence-electron chi connectivity index (χ1n) is 8.98. The van der Waals surface area contributed by atoms with E-state index in [9.17, 15) is 9.59 Å². The molecule has 4 rings (SSSR count). The van der Waals surface area contributed by atoms with Gasteiger partial charge in [0.05, 0.1) is 22.4 Å². The summed E-state index contributed by atoms with van der Waals surface area (Å²) in [7, 11) is 0. The molecule has 0 unspecified atom stereocenters. The highest BCUT2D eigenvalue weighted by atomic mass is 35.5. The van der Waals surface area contributed by atoms with Gasteiger partial charge in [-0.2, -0.15) is 0 Å². The number of amides is 1. The Balaban J connectivity index is 1.61. The molecule has 1 amide bonds. The van der Waals surface area contributed by atoms with Gasteiger partial charge < -0.3 is 5.32 Å². The fraction of sp³-hybridized carbons (Fsp3) is 0.350. The highest BCUT2D eigenvalue weighted by molar-refractivity contribution is 7.18. The molecule has 5 nitrogen and oxygen atoms in total. The van der Waals surface area contributed by atoms with E-state index >= 15 is 0 Å². The third kappa shape index (κ3) is 3.51. The van der Waals surface area contributed by atoms with Crippen LogP contribution in [-0.2, 0) is 24.2 Å². The Hall–Kier alpha value is -2.18. The minimum absolute atomic E-state index is 0.0903. The Bertz CT molecular complexity index is 1100. The maximum atomic E-state index is 13.0. The molecule has 3 aromatic rings. The molecule has 0 fully saturated rings. The van der Waals surface area contributed by atoms with Gasteiger partial charge in [0.2, 0.25) is 5.91 Å². The summed E-state index contributed by atoms with van der Waals surface area (Å²) in [4.78, 5) is 31.9. The van der Waals surface area contributed by atoms with Gasteiger partial charge in [0, 0.05) is 4.88 Å². The van der Waals surface area contributed by atoms with Crippen LogP contribution in [0, 0.1) is 12.8 Å². The van der Waals surface area contributed by atoms with Crippen molar-refractivity contribution in [1.82, 2.24) is 9.55 Å². The van der Waals surface area contributed by atoms with Crippen molar-refractivity contribution in [3.05, 3.63) is 55.9 Å². The molecule has 7 heteroatoms. The van der Waals surface area contributed by atoms with Crippen LogP contribution in [0.4, 0.5) is 5.69 Å². The molecule has 27 heavy (non-hydrogen) atoms. The molecule has 1 aliphatic carbocycles. The van der Waals surface area contributed by atoms with E-state index in [1.807, 2.05) is 13.0 Å². The number of halogens is 1. The number of nitrogens with one attached hydrogen (secondary N) is 1. The topological polar surface area (TPSA) is 64.0 Å². The molecule has 2 heterocycles. The van der Waals surface area contributed by atoms with Gasteiger partial charge in [-0.3, -0.25) is 14.2 Å². The summed E-state index contributed by atoms with van der Waals surface area (Å²) in [6, 6.07) is 5.42. The fourth-order valence-corrected chi connectivity index (χ4v) is 5.17. The predicted molar refractivity (Wildman–Crippen MR) is 110 cm³/mol. The summed E-state index contributed by atoms with van der Waals surface area (Å²) in [5, 5.41) is 3.93. The number of benzene rings is 1. The summed E-state index contributed by atoms with van der Waals surface area (Å²) in [6.45, 7) is 4.08. The number of thiophene rings is 1. The highest BCUT2D eigenvalue weighted by Crippen LogP contribution is 2.35. The molecule has 0 radical (unpaired) electrons. The lowest BCUT2D eigenvalue weighted by atomic mass is 9.89. The molecule has 0 saturated heterocycles. The van der Waals surface area contributed by atoms with Crippen LogP contribution in [0.15, 0.2) is 29.3 Å². The van der Waals surface area contributed by atoms with Gasteiger partial charge in [-0.05, 0) is 55.4 Å². The van der Waals surface area contributed by atoms with Crippen molar-refractivity contribution >= 4 is 44.7 Å². The van der Waals surface area contributed by atoms with E-state index in [2.05, 4.69) is 17.2 Å². The van der Waals surface area contributed by atoms with Crippen LogP contribution in [0.25, 0.3) is 10.2 Å². The lowest BCUT2D eigenvalue weighted by Gasteiger charge is -2.17. The van der Waals surface area contributed by atoms with Gasteiger partial charge in [0.15, 0.2) is 0 Å². The zero-order chi connectivity index (χ0) is 19.1. The van der Waals surface area contributed by atoms with E-state index in [1.54, 1.807) is 23.5 Å². The van der Waals surface area contributed by atoms with Crippen LogP contribution < -0.4 is 10.9 Å². The van der Waals surface area contributed by atoms with Crippen LogP contribution in [0.3, 0.4) is 0 Å². The Morgan fingerprint density at radius 3 is 3.04 bits per heavy atom. The van der Waals surface area contributed by atoms with Gasteiger partial charge in [-0.25, -0.2) is 4.98 Å². The van der Waals surface area contributed by atoms with Gasteiger partial charge in [0.25, 0.3) is 5.56 Å². The molecule has 1 aliphatic rings. The molecule has 140 valence electrons. The van der Waals surface area contributed by atoms with Crippen LogP contribution in [-0.4, -0.2) is 15.5 Å². The van der Waals surface area contributed by atoms with Crippen molar-refractivity contribution in [2.75, 3.05) is 5.32 Å². The summed E-state index contributed by atoms with van der Waals surface area (Å²) in [6.07, 6.45) is 4.46. The zero-order valence-corrected chi connectivity index (χ0v) is 16.8. The highest BCUT2D eigenvalue weighted by Gasteiger charge is 2.23. The first-order chi connectivity index (χ1) is 12.9. The number of aryl methyl sites for hydroxylation is 2. The van der Waals surface area contributed by atoms with Gasteiger partial charge in [-0.1, -0.05) is 24.6 Å². The number of nitrogens with zero attached hydrogens (tertiary/aromatic N) is 2. The average molecular weight is 402 g/mol. The molecule has 0 aliphatic heterocycles. The van der Waals surface area contributed by atoms with E-state index < -0.39 is 0 Å². The lowest BCUT2D eigenvalue weighted by Crippen LogP contribution is -2.28. The normalized spacial score (nSPS) is 16.3. The maximum Gasteiger partial charge on any atom is 0.262 e. The summed E-state index contributed by atoms with van der Waals surface area (Å²) in [5.41, 5.74) is 2.54. The largest absolute Gasteiger partial charge is 0.323 e. The summed E-state index contributed by atoms with van der Waals surface area (Å²) >= 11 is 7.78. The zero-order valence-electron chi connectivity index (χ0n) is 15.2. The Morgan fingerprint density at radius 2 is 2.26 bits per heavy atom. The molecule has 1 atom stereocenters. The second kappa shape index (κ2) is 7.09. The predicted octanol–water partition coefficient (Wildman–Crippen LogP) is 4.18. The number of fused-ring (bicyclic) bond motifs is 3. The number of carbonyl (C=O) groups excluding carboxylic acids is 1. The van der Waals surface area contributed by atoms with Crippen molar-refractivity contribution in [2.24, 2.45) is 5.92 Å². The molecular formula is C20H20ClN3O2S. The minimum Gasteiger partial charge on any atom is -0.323 e. The quantitative estimate of drug-likeness (QED) is 0.715. The first kappa shape index (κ1) is 18.2. The molecule has 0 bridgehead atoms. The van der Waals surface area contributed by atoms with Crippen molar-refractivity contribution in [3.63, 3.8) is 0 Å². The second-order valence-electron chi connectivity index (χ2n) is 7.24. The number of hydrogen-bond acceptors (Lipinski definition) is 4. The smallest absolute Gasteiger partial charge is 0.262 e. The van der Waals surface area contributed by atoms with Gasteiger partial charge >= 0.3 is 0 Å². The van der Waals surface area contributed by atoms with Crippen LogP contribution in [0.5, 0.6) is 0 Å². The minimum atomic E-state index is -0.304. The number of anilines is 1. The standard InChI is InChI=1S/C20H20ClN3O2S/c1-11-4-6-15(14(21)7-11)23-17(25)9-24-10-22-19-18(20(24)26)13-5-3-12(2)8-16(13)27-19/h4,6-7,10,12H,3,5,8-9H2,1-2H3,(H,23,25)/t12-/m0/s1. The number of hydrogen-bond donors (Lipinski definition) is 1. The number of rotatable bonds is 3. The lowest BCUT2D eigenvalue weighted by molar-refractivity contribution is -0.116. The van der Waals surface area contributed by atoms with Crippen molar-refractivity contribution in [3.8, 4) is 0 Å². The van der Waals surface area contributed by atoms with E-state index in [-0.39, 0.29) is 18.0 Å². The maximum absolute atomic E-state index is 13.0. The van der Waals surface area contributed by atoms with E-state index in [0.29, 0.717) is 22.0 Å². The molecule has 2 aromatic heterocycles. The molecule has 1 N–H and O–H groups in total. The molecule has 0 saturated carbocycles. The summed E-state index contributed by atoms with van der Waals surface area (Å²) < 4.78 is 1.38.